The third-order valence-corrected chi connectivity index (χ3v) is 7.49. The lowest BCUT2D eigenvalue weighted by Crippen LogP contribution is -2.81. The Morgan fingerprint density at radius 2 is 1.29 bits per heavy atom. The molecule has 4 saturated heterocycles. The van der Waals surface area contributed by atoms with Gasteiger partial charge in [-0.3, -0.25) is 39.7 Å². The number of nitrogens with one attached hydrogen (secondary N) is 3. The van der Waals surface area contributed by atoms with Gasteiger partial charge in [0.05, 0.1) is 74.3 Å². The van der Waals surface area contributed by atoms with E-state index in [1.807, 2.05) is 0 Å². The Labute approximate surface area is 238 Å². The number of nitrogens with zero attached hydrogens (tertiary/aromatic N) is 2. The normalized spacial score (nSPS) is 32.6. The smallest absolute Gasteiger partial charge is 0.365 e. The molecular weight excluding hydrogens is 534 g/mol. The molecule has 0 spiro atoms. The number of amides is 6. The molecular formula is C27H39N7O7+2. The first-order valence-electron chi connectivity index (χ1n) is 13.3. The summed E-state index contributed by atoms with van der Waals surface area (Å²) in [5, 5.41) is 4.71. The standard InChI is InChI=1S/C25H33N7O7.C2H4/c1-4-12-16-18(22(35)31(10-8-26)20(16)33)14(38-12)6-7-15-19-17(13(5-2)39-15)21(34)32(23(19)36)11-9-29-24(27)30-25(37)28-3;1-2/h4-7,12-19H,1-2,8-11,26H2,3H3,(H4,27,28,29,30,37);1-2H2/p+2/b7-6-;. The average molecular weight is 574 g/mol. The topological polar surface area (TPSA) is 202 Å². The number of urea groups is 1. The first kappa shape index (κ1) is 31.4. The fraction of sp³-hybridized carbons (Fsp3) is 0.481. The SMILES string of the molecule is C=C.C=CC1OC(/C=C\C2OC(C=C)C3C(=O)N(CC[NH+]=C(N)NC(=O)NC)C(=O)C23)C2C(=O)N(CC[NH3+])C(=O)C12. The lowest BCUT2D eigenvalue weighted by Gasteiger charge is -2.20. The minimum atomic E-state index is -0.793. The Bertz CT molecular complexity index is 1150. The Hall–Kier alpha value is -4.14. The van der Waals surface area contributed by atoms with Crippen LogP contribution in [0.25, 0.3) is 0 Å². The number of fused-ring (bicyclic) bond motifs is 2. The minimum absolute atomic E-state index is 0.0241. The number of rotatable bonds is 9. The molecule has 8 unspecified atom stereocenters. The fourth-order valence-electron chi connectivity index (χ4n) is 5.72. The van der Waals surface area contributed by atoms with Crippen LogP contribution in [0.3, 0.4) is 0 Å². The van der Waals surface area contributed by atoms with Crippen molar-refractivity contribution in [1.82, 2.24) is 20.4 Å². The lowest BCUT2D eigenvalue weighted by molar-refractivity contribution is -0.459. The molecule has 0 aromatic heterocycles. The third kappa shape index (κ3) is 5.85. The molecule has 4 heterocycles. The molecule has 222 valence electrons. The highest BCUT2D eigenvalue weighted by molar-refractivity contribution is 6.07. The van der Waals surface area contributed by atoms with Gasteiger partial charge in [-0.05, 0) is 0 Å². The molecule has 0 aromatic carbocycles. The number of carbonyl (C=O) groups excluding carboxylic acids is 5. The second-order valence-electron chi connectivity index (χ2n) is 9.64. The van der Waals surface area contributed by atoms with Crippen LogP contribution in [0.4, 0.5) is 4.79 Å². The van der Waals surface area contributed by atoms with Crippen molar-refractivity contribution in [3.8, 4) is 0 Å². The van der Waals surface area contributed by atoms with Crippen LogP contribution < -0.4 is 27.1 Å². The van der Waals surface area contributed by atoms with E-state index in [2.05, 4.69) is 47.7 Å². The summed E-state index contributed by atoms with van der Waals surface area (Å²) in [7, 11) is 1.44. The van der Waals surface area contributed by atoms with Crippen molar-refractivity contribution < 1.29 is 44.2 Å². The molecule has 8 N–H and O–H groups in total. The lowest BCUT2D eigenvalue weighted by atomic mass is 9.87. The van der Waals surface area contributed by atoms with Gasteiger partial charge in [-0.15, -0.1) is 26.3 Å². The maximum Gasteiger partial charge on any atom is 0.379 e. The summed E-state index contributed by atoms with van der Waals surface area (Å²) < 4.78 is 11.9. The maximum absolute atomic E-state index is 13.3. The summed E-state index contributed by atoms with van der Waals surface area (Å²) in [4.78, 5) is 68.8. The molecule has 14 nitrogen and oxygen atoms in total. The number of ether oxygens (including phenoxy) is 2. The van der Waals surface area contributed by atoms with Crippen LogP contribution in [0.5, 0.6) is 0 Å². The van der Waals surface area contributed by atoms with Gasteiger partial charge in [0.15, 0.2) is 0 Å². The van der Waals surface area contributed by atoms with Crippen molar-refractivity contribution in [1.29, 1.82) is 0 Å². The largest absolute Gasteiger partial charge is 0.379 e. The van der Waals surface area contributed by atoms with Crippen molar-refractivity contribution >= 4 is 35.6 Å². The highest BCUT2D eigenvalue weighted by Gasteiger charge is 2.60. The number of imide groups is 2. The molecule has 0 bridgehead atoms. The number of carbonyl (C=O) groups is 5. The van der Waals surface area contributed by atoms with Crippen LogP contribution in [0.15, 0.2) is 50.6 Å². The van der Waals surface area contributed by atoms with Crippen LogP contribution in [0.1, 0.15) is 0 Å². The fourth-order valence-corrected chi connectivity index (χ4v) is 5.72. The Morgan fingerprint density at radius 1 is 0.878 bits per heavy atom. The summed E-state index contributed by atoms with van der Waals surface area (Å²) in [5.74, 6) is -4.39. The van der Waals surface area contributed by atoms with Crippen LogP contribution in [-0.2, 0) is 28.7 Å². The molecule has 41 heavy (non-hydrogen) atoms. The summed E-state index contributed by atoms with van der Waals surface area (Å²) in [6.07, 6.45) is 3.44. The van der Waals surface area contributed by atoms with Gasteiger partial charge in [0, 0.05) is 7.05 Å². The van der Waals surface area contributed by atoms with E-state index in [-0.39, 0.29) is 37.4 Å². The van der Waals surface area contributed by atoms with Gasteiger partial charge in [-0.2, -0.15) is 5.32 Å². The van der Waals surface area contributed by atoms with E-state index in [4.69, 9.17) is 15.2 Å². The van der Waals surface area contributed by atoms with Gasteiger partial charge < -0.3 is 20.5 Å². The van der Waals surface area contributed by atoms with Crippen LogP contribution in [-0.4, -0.2) is 103 Å². The average Bonchev–Trinajstić information content (AvgIpc) is 3.67. The Kier molecular flexibility index (Phi) is 10.3. The van der Waals surface area contributed by atoms with Gasteiger partial charge in [0.25, 0.3) is 0 Å². The zero-order valence-corrected chi connectivity index (χ0v) is 23.1. The number of likely N-dealkylation sites (tertiary alicyclic amines) is 2. The van der Waals surface area contributed by atoms with Crippen molar-refractivity contribution in [2.75, 3.05) is 33.2 Å². The highest BCUT2D eigenvalue weighted by Crippen LogP contribution is 2.44. The highest BCUT2D eigenvalue weighted by atomic mass is 16.5. The van der Waals surface area contributed by atoms with E-state index >= 15 is 0 Å². The first-order chi connectivity index (χ1) is 19.7. The van der Waals surface area contributed by atoms with Crippen LogP contribution >= 0.6 is 0 Å². The number of nitrogens with two attached hydrogens (primary N) is 1. The summed E-state index contributed by atoms with van der Waals surface area (Å²) in [6, 6.07) is -0.515. The third-order valence-electron chi connectivity index (χ3n) is 7.49. The number of quaternary nitrogens is 1. The Morgan fingerprint density at radius 3 is 1.68 bits per heavy atom. The quantitative estimate of drug-likeness (QED) is 0.0795. The van der Waals surface area contributed by atoms with E-state index in [1.54, 1.807) is 12.2 Å². The van der Waals surface area contributed by atoms with Crippen molar-refractivity contribution in [2.24, 2.45) is 29.4 Å². The molecule has 0 aromatic rings. The molecule has 8 atom stereocenters. The van der Waals surface area contributed by atoms with Gasteiger partial charge >= 0.3 is 12.0 Å². The van der Waals surface area contributed by atoms with E-state index < -0.39 is 65.9 Å². The first-order valence-corrected chi connectivity index (χ1v) is 13.3. The van der Waals surface area contributed by atoms with E-state index in [1.165, 1.54) is 24.1 Å². The van der Waals surface area contributed by atoms with E-state index in [0.717, 1.165) is 4.90 Å². The minimum Gasteiger partial charge on any atom is -0.365 e. The second kappa shape index (κ2) is 13.5. The predicted molar refractivity (Wildman–Crippen MR) is 146 cm³/mol. The summed E-state index contributed by atoms with van der Waals surface area (Å²) in [6.45, 7) is 14.3. The molecule has 4 rings (SSSR count). The number of guanidine groups is 1. The van der Waals surface area contributed by atoms with Gasteiger partial charge in [-0.25, -0.2) is 4.79 Å². The Balaban J connectivity index is 0.00000226. The number of hydrogen-bond acceptors (Lipinski definition) is 7. The molecule has 4 aliphatic rings. The molecule has 0 radical (unpaired) electrons. The monoisotopic (exact) mass is 573 g/mol. The predicted octanol–water partition coefficient (Wildman–Crippen LogP) is -3.98. The molecule has 0 saturated carbocycles. The number of hydrogen-bond donors (Lipinski definition) is 5. The van der Waals surface area contributed by atoms with Crippen LogP contribution in [0.2, 0.25) is 0 Å². The molecule has 14 heteroatoms. The zero-order valence-electron chi connectivity index (χ0n) is 23.1. The molecule has 0 aliphatic carbocycles. The van der Waals surface area contributed by atoms with Gasteiger partial charge in [0.2, 0.25) is 23.6 Å². The van der Waals surface area contributed by atoms with E-state index in [0.29, 0.717) is 6.54 Å². The van der Waals surface area contributed by atoms with Crippen molar-refractivity contribution in [3.05, 3.63) is 50.6 Å². The van der Waals surface area contributed by atoms with Gasteiger partial charge in [0.1, 0.15) is 0 Å². The second-order valence-corrected chi connectivity index (χ2v) is 9.64. The molecule has 4 fully saturated rings. The van der Waals surface area contributed by atoms with Crippen LogP contribution in [0, 0.1) is 23.7 Å². The maximum atomic E-state index is 13.3. The van der Waals surface area contributed by atoms with Crippen molar-refractivity contribution in [3.63, 3.8) is 0 Å². The molecule has 4 aliphatic heterocycles. The van der Waals surface area contributed by atoms with E-state index in [9.17, 15) is 24.0 Å². The zero-order chi connectivity index (χ0) is 30.4. The summed E-state index contributed by atoms with van der Waals surface area (Å²) >= 11 is 0. The summed E-state index contributed by atoms with van der Waals surface area (Å²) in [5.41, 5.74) is 9.43. The van der Waals surface area contributed by atoms with Gasteiger partial charge in [-0.1, -0.05) is 24.3 Å². The van der Waals surface area contributed by atoms with Crippen molar-refractivity contribution in [2.45, 2.75) is 24.4 Å². The molecule has 6 amide bonds.